The first kappa shape index (κ1) is 13.5. The van der Waals surface area contributed by atoms with Crippen molar-refractivity contribution in [1.82, 2.24) is 0 Å². The molecule has 0 spiro atoms. The molecule has 0 aromatic heterocycles. The van der Waals surface area contributed by atoms with Crippen LogP contribution in [0.1, 0.15) is 33.6 Å². The summed E-state index contributed by atoms with van der Waals surface area (Å²) in [4.78, 5) is 11.3. The predicted molar refractivity (Wildman–Crippen MR) is 59.9 cm³/mol. The van der Waals surface area contributed by atoms with E-state index in [2.05, 4.69) is 6.92 Å². The molecule has 0 amide bonds. The Kier molecular flexibility index (Phi) is 5.84. The van der Waals surface area contributed by atoms with Crippen LogP contribution in [0.5, 0.6) is 0 Å². The van der Waals surface area contributed by atoms with Crippen molar-refractivity contribution in [1.29, 1.82) is 0 Å². The molecule has 0 heterocycles. The summed E-state index contributed by atoms with van der Waals surface area (Å²) in [6.07, 6.45) is 1.38. The number of ether oxygens (including phenoxy) is 1. The summed E-state index contributed by atoms with van der Waals surface area (Å²) in [5.74, 6) is 0. The molecule has 0 N–H and O–H groups in total. The minimum atomic E-state index is -1.80. The summed E-state index contributed by atoms with van der Waals surface area (Å²) in [5.41, 5.74) is 0. The van der Waals surface area contributed by atoms with E-state index in [1.54, 1.807) is 0 Å². The minimum Gasteiger partial charge on any atom is -0.489 e. The number of hydrogen-bond acceptors (Lipinski definition) is 3. The fourth-order valence-corrected chi connectivity index (χ4v) is 1.60. The van der Waals surface area contributed by atoms with Crippen molar-refractivity contribution in [3.8, 4) is 0 Å². The van der Waals surface area contributed by atoms with Crippen molar-refractivity contribution in [2.45, 2.75) is 58.9 Å². The molecule has 14 heavy (non-hydrogen) atoms. The molecule has 0 aromatic rings. The molecule has 1 atom stereocenters. The van der Waals surface area contributed by atoms with Crippen molar-refractivity contribution >= 4 is 14.5 Å². The van der Waals surface area contributed by atoms with E-state index in [4.69, 9.17) is 9.16 Å². The monoisotopic (exact) mass is 218 g/mol. The lowest BCUT2D eigenvalue weighted by molar-refractivity contribution is 0.0600. The maximum absolute atomic E-state index is 11.3. The number of rotatable bonds is 5. The molecule has 3 nitrogen and oxygen atoms in total. The lowest BCUT2D eigenvalue weighted by Gasteiger charge is -2.21. The predicted octanol–water partition coefficient (Wildman–Crippen LogP) is 3.55. The zero-order chi connectivity index (χ0) is 11.2. The third-order valence-electron chi connectivity index (χ3n) is 2.20. The second-order valence-electron chi connectivity index (χ2n) is 4.18. The van der Waals surface area contributed by atoms with E-state index < -0.39 is 14.5 Å². The largest absolute Gasteiger partial charge is 0.494 e. The second-order valence-corrected chi connectivity index (χ2v) is 8.61. The van der Waals surface area contributed by atoms with Crippen LogP contribution in [0.2, 0.25) is 19.1 Å². The van der Waals surface area contributed by atoms with Gasteiger partial charge in [-0.1, -0.05) is 20.3 Å². The fraction of sp³-hybridized carbons (Fsp3) is 0.900. The zero-order valence-electron chi connectivity index (χ0n) is 9.92. The maximum atomic E-state index is 11.3. The Bertz CT molecular complexity index is 180. The average molecular weight is 218 g/mol. The van der Waals surface area contributed by atoms with Gasteiger partial charge in [-0.2, -0.15) is 0 Å². The third-order valence-corrected chi connectivity index (χ3v) is 4.63. The van der Waals surface area contributed by atoms with Crippen molar-refractivity contribution in [2.24, 2.45) is 0 Å². The SMILES string of the molecule is CCCC(C)OC(=O)O[Si](C)(C)CC. The molecule has 0 aliphatic rings. The van der Waals surface area contributed by atoms with Gasteiger partial charge in [-0.25, -0.2) is 4.79 Å². The Balaban J connectivity index is 3.86. The molecule has 4 heteroatoms. The Hall–Kier alpha value is -0.513. The molecule has 0 bridgehead atoms. The van der Waals surface area contributed by atoms with Gasteiger partial charge in [-0.05, 0) is 32.5 Å². The van der Waals surface area contributed by atoms with Crippen LogP contribution >= 0.6 is 0 Å². The van der Waals surface area contributed by atoms with E-state index in [0.717, 1.165) is 18.9 Å². The van der Waals surface area contributed by atoms with E-state index in [9.17, 15) is 4.79 Å². The van der Waals surface area contributed by atoms with Crippen LogP contribution in [-0.4, -0.2) is 20.6 Å². The highest BCUT2D eigenvalue weighted by Gasteiger charge is 2.26. The lowest BCUT2D eigenvalue weighted by Crippen LogP contribution is -2.33. The van der Waals surface area contributed by atoms with Gasteiger partial charge in [0.15, 0.2) is 0 Å². The molecule has 0 aliphatic heterocycles. The van der Waals surface area contributed by atoms with Gasteiger partial charge in [0.25, 0.3) is 8.32 Å². The minimum absolute atomic E-state index is 0.0332. The van der Waals surface area contributed by atoms with Crippen LogP contribution in [0.25, 0.3) is 0 Å². The summed E-state index contributed by atoms with van der Waals surface area (Å²) < 4.78 is 10.4. The maximum Gasteiger partial charge on any atom is 0.494 e. The van der Waals surface area contributed by atoms with E-state index in [-0.39, 0.29) is 6.10 Å². The molecule has 0 saturated heterocycles. The van der Waals surface area contributed by atoms with Crippen LogP contribution in [0.4, 0.5) is 4.79 Å². The summed E-state index contributed by atoms with van der Waals surface area (Å²) >= 11 is 0. The highest BCUT2D eigenvalue weighted by Crippen LogP contribution is 2.12. The van der Waals surface area contributed by atoms with Crippen LogP contribution < -0.4 is 0 Å². The molecular weight excluding hydrogens is 196 g/mol. The normalized spacial score (nSPS) is 13.5. The van der Waals surface area contributed by atoms with Gasteiger partial charge >= 0.3 is 6.16 Å². The number of carbonyl (C=O) groups is 1. The van der Waals surface area contributed by atoms with Crippen LogP contribution in [-0.2, 0) is 9.16 Å². The van der Waals surface area contributed by atoms with Gasteiger partial charge in [0.05, 0.1) is 0 Å². The summed E-state index contributed by atoms with van der Waals surface area (Å²) in [7, 11) is -1.80. The first-order valence-electron chi connectivity index (χ1n) is 5.31. The van der Waals surface area contributed by atoms with E-state index >= 15 is 0 Å². The zero-order valence-corrected chi connectivity index (χ0v) is 10.9. The van der Waals surface area contributed by atoms with Crippen molar-refractivity contribution < 1.29 is 14.0 Å². The van der Waals surface area contributed by atoms with Crippen LogP contribution in [0.15, 0.2) is 0 Å². The highest BCUT2D eigenvalue weighted by atomic mass is 28.4. The lowest BCUT2D eigenvalue weighted by atomic mass is 10.2. The molecule has 0 radical (unpaired) electrons. The summed E-state index contributed by atoms with van der Waals surface area (Å²) in [6.45, 7) is 10.0. The Labute approximate surface area is 87.9 Å². The molecule has 0 fully saturated rings. The molecule has 0 aliphatic carbocycles. The van der Waals surface area contributed by atoms with Crippen LogP contribution in [0, 0.1) is 0 Å². The third kappa shape index (κ3) is 6.02. The Morgan fingerprint density at radius 3 is 2.36 bits per heavy atom. The number of hydrogen-bond donors (Lipinski definition) is 0. The van der Waals surface area contributed by atoms with Crippen molar-refractivity contribution in [3.05, 3.63) is 0 Å². The summed E-state index contributed by atoms with van der Waals surface area (Å²) in [5, 5.41) is 0. The van der Waals surface area contributed by atoms with E-state index in [1.165, 1.54) is 0 Å². The molecular formula is C10H22O3Si. The first-order valence-corrected chi connectivity index (χ1v) is 8.42. The number of carbonyl (C=O) groups excluding carboxylic acids is 1. The topological polar surface area (TPSA) is 35.5 Å². The van der Waals surface area contributed by atoms with E-state index in [1.807, 2.05) is 26.9 Å². The molecule has 0 aromatic carbocycles. The quantitative estimate of drug-likeness (QED) is 0.523. The first-order chi connectivity index (χ1) is 6.41. The van der Waals surface area contributed by atoms with Crippen molar-refractivity contribution in [2.75, 3.05) is 0 Å². The van der Waals surface area contributed by atoms with Gasteiger partial charge in [-0.3, -0.25) is 0 Å². The summed E-state index contributed by atoms with van der Waals surface area (Å²) in [6, 6.07) is 0.921. The molecule has 1 unspecified atom stereocenters. The standard InChI is InChI=1S/C10H22O3Si/c1-6-8-9(3)12-10(11)13-14(4,5)7-2/h9H,6-8H2,1-5H3. The van der Waals surface area contributed by atoms with Crippen LogP contribution in [0.3, 0.4) is 0 Å². The molecule has 0 rings (SSSR count). The average Bonchev–Trinajstić information content (AvgIpc) is 2.03. The van der Waals surface area contributed by atoms with Gasteiger partial charge in [0, 0.05) is 0 Å². The molecule has 0 saturated carbocycles. The second kappa shape index (κ2) is 6.06. The van der Waals surface area contributed by atoms with Crippen molar-refractivity contribution in [3.63, 3.8) is 0 Å². The van der Waals surface area contributed by atoms with Gasteiger partial charge in [-0.15, -0.1) is 0 Å². The van der Waals surface area contributed by atoms with Gasteiger partial charge in [0.1, 0.15) is 6.10 Å². The van der Waals surface area contributed by atoms with Gasteiger partial charge < -0.3 is 9.16 Å². The van der Waals surface area contributed by atoms with E-state index in [0.29, 0.717) is 0 Å². The fourth-order valence-electron chi connectivity index (χ4n) is 0.952. The van der Waals surface area contributed by atoms with Gasteiger partial charge in [0.2, 0.25) is 0 Å². The Morgan fingerprint density at radius 1 is 1.36 bits per heavy atom. The smallest absolute Gasteiger partial charge is 0.489 e. The molecule has 84 valence electrons. The highest BCUT2D eigenvalue weighted by molar-refractivity contribution is 6.72. The Morgan fingerprint density at radius 2 is 1.93 bits per heavy atom.